The van der Waals surface area contributed by atoms with Crippen LogP contribution in [-0.4, -0.2) is 5.97 Å². The summed E-state index contributed by atoms with van der Waals surface area (Å²) < 4.78 is 5.37. The zero-order valence-electron chi connectivity index (χ0n) is 12.1. The molecule has 0 radical (unpaired) electrons. The first-order chi connectivity index (χ1) is 9.47. The number of carbonyl (C=O) groups is 1. The van der Waals surface area contributed by atoms with Crippen LogP contribution in [-0.2, 0) is 11.3 Å². The van der Waals surface area contributed by atoms with E-state index in [1.54, 1.807) is 18.2 Å². The van der Waals surface area contributed by atoms with Crippen molar-refractivity contribution in [3.05, 3.63) is 64.2 Å². The average molecular weight is 269 g/mol. The number of hydrogen-bond acceptors (Lipinski definition) is 3. The maximum absolute atomic E-state index is 12.1. The van der Waals surface area contributed by atoms with Gasteiger partial charge in [0.2, 0.25) is 0 Å². The van der Waals surface area contributed by atoms with Crippen molar-refractivity contribution in [2.75, 3.05) is 5.73 Å². The Balaban J connectivity index is 2.10. The molecule has 2 rings (SSSR count). The van der Waals surface area contributed by atoms with Gasteiger partial charge in [0.25, 0.3) is 0 Å². The maximum atomic E-state index is 12.1. The van der Waals surface area contributed by atoms with Crippen LogP contribution in [0.4, 0.5) is 5.69 Å². The fraction of sp³-hybridized carbons (Fsp3) is 0.235. The first-order valence-corrected chi connectivity index (χ1v) is 6.57. The lowest BCUT2D eigenvalue weighted by Gasteiger charge is -2.09. The van der Waals surface area contributed by atoms with Gasteiger partial charge >= 0.3 is 5.97 Å². The summed E-state index contributed by atoms with van der Waals surface area (Å²) in [4.78, 5) is 12.1. The van der Waals surface area contributed by atoms with E-state index in [9.17, 15) is 4.79 Å². The fourth-order valence-corrected chi connectivity index (χ4v) is 2.25. The highest BCUT2D eigenvalue weighted by Gasteiger charge is 2.12. The number of benzene rings is 2. The minimum Gasteiger partial charge on any atom is -0.457 e. The summed E-state index contributed by atoms with van der Waals surface area (Å²) in [6.45, 7) is 6.15. The molecule has 0 saturated carbocycles. The Morgan fingerprint density at radius 1 is 1.10 bits per heavy atom. The maximum Gasteiger partial charge on any atom is 0.338 e. The number of anilines is 1. The second-order valence-corrected chi connectivity index (χ2v) is 5.09. The van der Waals surface area contributed by atoms with Crippen molar-refractivity contribution in [2.24, 2.45) is 0 Å². The number of hydrogen-bond donors (Lipinski definition) is 1. The van der Waals surface area contributed by atoms with Gasteiger partial charge in [-0.15, -0.1) is 0 Å². The van der Waals surface area contributed by atoms with E-state index < -0.39 is 0 Å². The highest BCUT2D eigenvalue weighted by atomic mass is 16.5. The first kappa shape index (κ1) is 14.1. The average Bonchev–Trinajstić information content (AvgIpc) is 2.38. The van der Waals surface area contributed by atoms with Crippen LogP contribution in [0.1, 0.15) is 32.6 Å². The minimum atomic E-state index is -0.339. The Kier molecular flexibility index (Phi) is 4.08. The minimum absolute atomic E-state index is 0.273. The highest BCUT2D eigenvalue weighted by Crippen LogP contribution is 2.17. The van der Waals surface area contributed by atoms with E-state index in [-0.39, 0.29) is 12.6 Å². The van der Waals surface area contributed by atoms with Crippen LogP contribution in [0.15, 0.2) is 36.4 Å². The first-order valence-electron chi connectivity index (χ1n) is 6.57. The van der Waals surface area contributed by atoms with Crippen molar-refractivity contribution >= 4 is 11.7 Å². The molecule has 0 unspecified atom stereocenters. The molecule has 0 aromatic heterocycles. The number of aryl methyl sites for hydroxylation is 2. The Bertz CT molecular complexity index is 627. The van der Waals surface area contributed by atoms with Crippen LogP contribution < -0.4 is 5.73 Å². The van der Waals surface area contributed by atoms with E-state index in [1.165, 1.54) is 0 Å². The van der Waals surface area contributed by atoms with E-state index in [0.717, 1.165) is 22.3 Å². The molecule has 2 N–H and O–H groups in total. The molecule has 0 heterocycles. The SMILES string of the molecule is Cc1cc(C)cc(COC(=O)c2cccc(N)c2C)c1. The lowest BCUT2D eigenvalue weighted by molar-refractivity contribution is 0.0472. The predicted octanol–water partition coefficient (Wildman–Crippen LogP) is 3.55. The topological polar surface area (TPSA) is 52.3 Å². The molecule has 3 nitrogen and oxygen atoms in total. The lowest BCUT2D eigenvalue weighted by Crippen LogP contribution is -2.08. The molecule has 3 heteroatoms. The molecule has 0 amide bonds. The van der Waals surface area contributed by atoms with Crippen LogP contribution in [0.3, 0.4) is 0 Å². The summed E-state index contributed by atoms with van der Waals surface area (Å²) in [5.74, 6) is -0.339. The van der Waals surface area contributed by atoms with Gasteiger partial charge in [0.1, 0.15) is 6.61 Å². The highest BCUT2D eigenvalue weighted by molar-refractivity contribution is 5.92. The van der Waals surface area contributed by atoms with Crippen LogP contribution in [0, 0.1) is 20.8 Å². The summed E-state index contributed by atoms with van der Waals surface area (Å²) in [6.07, 6.45) is 0. The summed E-state index contributed by atoms with van der Waals surface area (Å²) in [5.41, 5.74) is 11.0. The number of nitrogen functional groups attached to an aromatic ring is 1. The quantitative estimate of drug-likeness (QED) is 0.684. The van der Waals surface area contributed by atoms with Gasteiger partial charge in [0.15, 0.2) is 0 Å². The normalized spacial score (nSPS) is 10.3. The molecule has 0 aliphatic rings. The molecule has 2 aromatic rings. The molecule has 0 aliphatic carbocycles. The summed E-state index contributed by atoms with van der Waals surface area (Å²) in [6, 6.07) is 11.4. The molecule has 0 fully saturated rings. The second kappa shape index (κ2) is 5.78. The summed E-state index contributed by atoms with van der Waals surface area (Å²) >= 11 is 0. The van der Waals surface area contributed by atoms with Gasteiger partial charge in [-0.3, -0.25) is 0 Å². The third kappa shape index (κ3) is 3.18. The van der Waals surface area contributed by atoms with Crippen molar-refractivity contribution in [3.63, 3.8) is 0 Å². The van der Waals surface area contributed by atoms with Gasteiger partial charge in [0, 0.05) is 5.69 Å². The molecule has 0 aliphatic heterocycles. The largest absolute Gasteiger partial charge is 0.457 e. The number of carbonyl (C=O) groups excluding carboxylic acids is 1. The summed E-state index contributed by atoms with van der Waals surface area (Å²) in [5, 5.41) is 0. The van der Waals surface area contributed by atoms with Crippen molar-refractivity contribution < 1.29 is 9.53 Å². The molecule has 0 bridgehead atoms. The third-order valence-corrected chi connectivity index (χ3v) is 3.25. The molecule has 0 saturated heterocycles. The molecule has 104 valence electrons. The zero-order valence-corrected chi connectivity index (χ0v) is 12.1. The van der Waals surface area contributed by atoms with E-state index in [4.69, 9.17) is 10.5 Å². The summed E-state index contributed by atoms with van der Waals surface area (Å²) in [7, 11) is 0. The van der Waals surface area contributed by atoms with Crippen molar-refractivity contribution in [1.29, 1.82) is 0 Å². The van der Waals surface area contributed by atoms with Gasteiger partial charge in [-0.2, -0.15) is 0 Å². The van der Waals surface area contributed by atoms with Crippen LogP contribution in [0.2, 0.25) is 0 Å². The molecule has 0 atom stereocenters. The third-order valence-electron chi connectivity index (χ3n) is 3.25. The van der Waals surface area contributed by atoms with E-state index >= 15 is 0 Å². The lowest BCUT2D eigenvalue weighted by atomic mass is 10.1. The van der Waals surface area contributed by atoms with E-state index in [2.05, 4.69) is 6.07 Å². The fourth-order valence-electron chi connectivity index (χ4n) is 2.25. The smallest absolute Gasteiger partial charge is 0.338 e. The Morgan fingerprint density at radius 2 is 1.75 bits per heavy atom. The standard InChI is InChI=1S/C17H19NO2/c1-11-7-12(2)9-14(8-11)10-20-17(19)15-5-4-6-16(18)13(15)3/h4-9H,10,18H2,1-3H3. The van der Waals surface area contributed by atoms with Gasteiger partial charge in [-0.25, -0.2) is 4.79 Å². The van der Waals surface area contributed by atoms with Gasteiger partial charge in [0.05, 0.1) is 5.56 Å². The molecule has 2 aromatic carbocycles. The molecule has 0 spiro atoms. The number of rotatable bonds is 3. The van der Waals surface area contributed by atoms with Crippen LogP contribution in [0.25, 0.3) is 0 Å². The van der Waals surface area contributed by atoms with Crippen molar-refractivity contribution in [3.8, 4) is 0 Å². The number of esters is 1. The zero-order chi connectivity index (χ0) is 14.7. The van der Waals surface area contributed by atoms with Crippen molar-refractivity contribution in [1.82, 2.24) is 0 Å². The second-order valence-electron chi connectivity index (χ2n) is 5.09. The van der Waals surface area contributed by atoms with E-state index in [0.29, 0.717) is 11.3 Å². The van der Waals surface area contributed by atoms with Gasteiger partial charge < -0.3 is 10.5 Å². The molecular weight excluding hydrogens is 250 g/mol. The van der Waals surface area contributed by atoms with Gasteiger partial charge in [-0.05, 0) is 44.0 Å². The van der Waals surface area contributed by atoms with Crippen LogP contribution in [0.5, 0.6) is 0 Å². The Morgan fingerprint density at radius 3 is 2.40 bits per heavy atom. The Labute approximate surface area is 119 Å². The Hall–Kier alpha value is -2.29. The number of ether oxygens (including phenoxy) is 1. The van der Waals surface area contributed by atoms with Crippen molar-refractivity contribution in [2.45, 2.75) is 27.4 Å². The van der Waals surface area contributed by atoms with E-state index in [1.807, 2.05) is 32.9 Å². The molecular formula is C17H19NO2. The predicted molar refractivity (Wildman–Crippen MR) is 80.6 cm³/mol. The monoisotopic (exact) mass is 269 g/mol. The van der Waals surface area contributed by atoms with Gasteiger partial charge in [-0.1, -0.05) is 35.4 Å². The molecule has 20 heavy (non-hydrogen) atoms. The van der Waals surface area contributed by atoms with Crippen LogP contribution >= 0.6 is 0 Å². The number of nitrogens with two attached hydrogens (primary N) is 1.